The van der Waals surface area contributed by atoms with Crippen molar-refractivity contribution in [2.24, 2.45) is 0 Å². The molecule has 1 aromatic rings. The highest BCUT2D eigenvalue weighted by Crippen LogP contribution is 2.47. The van der Waals surface area contributed by atoms with Crippen LogP contribution >= 0.6 is 0 Å². The lowest BCUT2D eigenvalue weighted by Gasteiger charge is -2.27. The predicted molar refractivity (Wildman–Crippen MR) is 50.7 cm³/mol. The molecule has 0 aromatic heterocycles. The largest absolute Gasteiger partial charge is 0.432 e. The zero-order chi connectivity index (χ0) is 14.8. The maximum Gasteiger partial charge on any atom is 0.432 e. The summed E-state index contributed by atoms with van der Waals surface area (Å²) < 4.78 is 75.9. The van der Waals surface area contributed by atoms with Crippen molar-refractivity contribution in [2.45, 2.75) is 18.3 Å². The van der Waals surface area contributed by atoms with Gasteiger partial charge in [-0.1, -0.05) is 6.07 Å². The first-order valence-electron chi connectivity index (χ1n) is 4.67. The molecule has 19 heavy (non-hydrogen) atoms. The van der Waals surface area contributed by atoms with Gasteiger partial charge in [0, 0.05) is 5.56 Å². The highest BCUT2D eigenvalue weighted by molar-refractivity contribution is 5.48. The number of halogens is 6. The second-order valence-electron chi connectivity index (χ2n) is 3.49. The fourth-order valence-corrected chi connectivity index (χ4v) is 1.37. The maximum absolute atomic E-state index is 13.6. The molecule has 8 heteroatoms. The minimum absolute atomic E-state index is 0.304. The number of hydrogen-bond acceptors (Lipinski definition) is 2. The van der Waals surface area contributed by atoms with Gasteiger partial charge in [-0.2, -0.15) is 23.7 Å². The van der Waals surface area contributed by atoms with Crippen molar-refractivity contribution in [2.75, 3.05) is 0 Å². The lowest BCUT2D eigenvalue weighted by molar-refractivity contribution is -0.274. The van der Waals surface area contributed by atoms with E-state index < -0.39 is 29.4 Å². The van der Waals surface area contributed by atoms with Crippen LogP contribution < -0.4 is 0 Å². The number of alkyl halides is 6. The quantitative estimate of drug-likeness (QED) is 0.778. The van der Waals surface area contributed by atoms with E-state index in [0.717, 1.165) is 0 Å². The summed E-state index contributed by atoms with van der Waals surface area (Å²) in [5.74, 6) is 0. The van der Waals surface area contributed by atoms with Crippen LogP contribution in [-0.2, 0) is 5.67 Å². The standard InChI is InChI=1S/C11H4F6N2/c12-9(13)10(14,11(15,16)17)8-2-1-6(4-18)7(3-8)5-19/h1-3,9H. The van der Waals surface area contributed by atoms with Crippen LogP contribution in [0.1, 0.15) is 16.7 Å². The molecule has 0 radical (unpaired) electrons. The first-order valence-corrected chi connectivity index (χ1v) is 4.67. The Morgan fingerprint density at radius 1 is 0.947 bits per heavy atom. The van der Waals surface area contributed by atoms with Crippen LogP contribution in [-0.4, -0.2) is 12.6 Å². The van der Waals surface area contributed by atoms with Gasteiger partial charge in [-0.05, 0) is 12.1 Å². The summed E-state index contributed by atoms with van der Waals surface area (Å²) in [4.78, 5) is 0. The summed E-state index contributed by atoms with van der Waals surface area (Å²) in [5, 5.41) is 17.1. The lowest BCUT2D eigenvalue weighted by atomic mass is 9.92. The van der Waals surface area contributed by atoms with Gasteiger partial charge >= 0.3 is 6.18 Å². The number of nitrogens with zero attached hydrogens (tertiary/aromatic N) is 2. The highest BCUT2D eigenvalue weighted by Gasteiger charge is 2.64. The molecule has 0 N–H and O–H groups in total. The summed E-state index contributed by atoms with van der Waals surface area (Å²) in [6, 6.07) is 4.24. The van der Waals surface area contributed by atoms with Gasteiger partial charge in [-0.25, -0.2) is 13.2 Å². The smallest absolute Gasteiger partial charge is 0.222 e. The molecule has 1 unspecified atom stereocenters. The van der Waals surface area contributed by atoms with Gasteiger partial charge in [0.1, 0.15) is 12.1 Å². The topological polar surface area (TPSA) is 47.6 Å². The molecule has 0 aliphatic heterocycles. The Labute approximate surface area is 103 Å². The Hall–Kier alpha value is -2.22. The molecule has 0 spiro atoms. The zero-order valence-corrected chi connectivity index (χ0v) is 8.97. The molecule has 0 saturated heterocycles. The van der Waals surface area contributed by atoms with E-state index in [9.17, 15) is 26.3 Å². The summed E-state index contributed by atoms with van der Waals surface area (Å²) in [5.41, 5.74) is -7.23. The maximum atomic E-state index is 13.6. The third kappa shape index (κ3) is 2.34. The Bertz CT molecular complexity index is 566. The Kier molecular flexibility index (Phi) is 3.75. The van der Waals surface area contributed by atoms with Crippen molar-refractivity contribution < 1.29 is 26.3 Å². The average Bonchev–Trinajstić information content (AvgIpc) is 2.35. The number of rotatable bonds is 2. The molecule has 0 aliphatic carbocycles. The van der Waals surface area contributed by atoms with E-state index in [4.69, 9.17) is 10.5 Å². The summed E-state index contributed by atoms with van der Waals surface area (Å²) >= 11 is 0. The molecule has 0 amide bonds. The number of nitriles is 2. The Balaban J connectivity index is 3.52. The first-order chi connectivity index (χ1) is 8.68. The number of hydrogen-bond donors (Lipinski definition) is 0. The average molecular weight is 278 g/mol. The lowest BCUT2D eigenvalue weighted by Crippen LogP contribution is -2.44. The van der Waals surface area contributed by atoms with Gasteiger partial charge in [0.2, 0.25) is 0 Å². The zero-order valence-electron chi connectivity index (χ0n) is 8.97. The molecule has 0 aliphatic rings. The van der Waals surface area contributed by atoms with Crippen molar-refractivity contribution in [1.82, 2.24) is 0 Å². The third-order valence-corrected chi connectivity index (χ3v) is 2.39. The van der Waals surface area contributed by atoms with Crippen LogP contribution in [0.4, 0.5) is 26.3 Å². The summed E-state index contributed by atoms with van der Waals surface area (Å²) in [6.07, 6.45) is -10.2. The van der Waals surface area contributed by atoms with Crippen LogP contribution in [0.15, 0.2) is 18.2 Å². The molecule has 100 valence electrons. The van der Waals surface area contributed by atoms with Gasteiger partial charge in [0.05, 0.1) is 11.1 Å². The molecule has 1 rings (SSSR count). The molecular formula is C11H4F6N2. The monoisotopic (exact) mass is 278 g/mol. The molecule has 0 heterocycles. The summed E-state index contributed by atoms with van der Waals surface area (Å²) in [7, 11) is 0. The molecule has 2 nitrogen and oxygen atoms in total. The van der Waals surface area contributed by atoms with Crippen LogP contribution in [0.3, 0.4) is 0 Å². The van der Waals surface area contributed by atoms with Crippen molar-refractivity contribution in [3.8, 4) is 12.1 Å². The van der Waals surface area contributed by atoms with E-state index in [1.807, 2.05) is 0 Å². The van der Waals surface area contributed by atoms with Crippen molar-refractivity contribution >= 4 is 0 Å². The minimum atomic E-state index is -5.85. The van der Waals surface area contributed by atoms with E-state index in [0.29, 0.717) is 18.2 Å². The van der Waals surface area contributed by atoms with E-state index in [-0.39, 0.29) is 5.56 Å². The first kappa shape index (κ1) is 14.8. The second-order valence-corrected chi connectivity index (χ2v) is 3.49. The van der Waals surface area contributed by atoms with Gasteiger partial charge in [0.15, 0.2) is 0 Å². The van der Waals surface area contributed by atoms with Crippen molar-refractivity contribution in [3.05, 3.63) is 34.9 Å². The third-order valence-electron chi connectivity index (χ3n) is 2.39. The van der Waals surface area contributed by atoms with Gasteiger partial charge < -0.3 is 0 Å². The normalized spacial score (nSPS) is 14.6. The fraction of sp³-hybridized carbons (Fsp3) is 0.273. The summed E-state index contributed by atoms with van der Waals surface area (Å²) in [6.45, 7) is 0. The van der Waals surface area contributed by atoms with Crippen LogP contribution in [0.25, 0.3) is 0 Å². The van der Waals surface area contributed by atoms with Gasteiger partial charge in [-0.3, -0.25) is 0 Å². The highest BCUT2D eigenvalue weighted by atomic mass is 19.4. The molecule has 1 aromatic carbocycles. The van der Waals surface area contributed by atoms with E-state index >= 15 is 0 Å². The molecular weight excluding hydrogens is 274 g/mol. The second kappa shape index (κ2) is 4.81. The van der Waals surface area contributed by atoms with Crippen molar-refractivity contribution in [3.63, 3.8) is 0 Å². The van der Waals surface area contributed by atoms with E-state index in [1.165, 1.54) is 12.1 Å². The van der Waals surface area contributed by atoms with Crippen LogP contribution in [0.5, 0.6) is 0 Å². The number of benzene rings is 1. The van der Waals surface area contributed by atoms with Crippen molar-refractivity contribution in [1.29, 1.82) is 10.5 Å². The van der Waals surface area contributed by atoms with Crippen LogP contribution in [0.2, 0.25) is 0 Å². The SMILES string of the molecule is N#Cc1ccc(C(F)(C(F)F)C(F)(F)F)cc1C#N. The minimum Gasteiger partial charge on any atom is -0.222 e. The van der Waals surface area contributed by atoms with Gasteiger partial charge in [0.25, 0.3) is 12.1 Å². The van der Waals surface area contributed by atoms with Gasteiger partial charge in [-0.15, -0.1) is 0 Å². The van der Waals surface area contributed by atoms with E-state index in [1.54, 1.807) is 0 Å². The molecule has 0 bridgehead atoms. The Morgan fingerprint density at radius 2 is 1.47 bits per heavy atom. The molecule has 0 fully saturated rings. The molecule has 0 saturated carbocycles. The molecule has 1 atom stereocenters. The fourth-order valence-electron chi connectivity index (χ4n) is 1.37. The Morgan fingerprint density at radius 3 is 1.84 bits per heavy atom. The van der Waals surface area contributed by atoms with E-state index in [2.05, 4.69) is 0 Å². The van der Waals surface area contributed by atoms with Crippen LogP contribution in [0, 0.1) is 22.7 Å². The predicted octanol–water partition coefficient (Wildman–Crippen LogP) is 3.42.